The third-order valence-corrected chi connectivity index (χ3v) is 16.2. The summed E-state index contributed by atoms with van der Waals surface area (Å²) in [5.41, 5.74) is 3.96. The molecule has 1 fully saturated rings. The lowest BCUT2D eigenvalue weighted by Crippen LogP contribution is -2.79. The molecule has 3 atom stereocenters. The fraction of sp³-hybridized carbons (Fsp3) is 0.167. The Hall–Kier alpha value is -0.710. The van der Waals surface area contributed by atoms with E-state index in [1.165, 1.54) is 18.2 Å². The van der Waals surface area contributed by atoms with Crippen molar-refractivity contribution in [2.45, 2.75) is 27.6 Å². The van der Waals surface area contributed by atoms with Gasteiger partial charge >= 0.3 is 0 Å². The molecule has 0 saturated heterocycles. The Morgan fingerprint density at radius 2 is 0.830 bits per heavy atom. The van der Waals surface area contributed by atoms with Crippen molar-refractivity contribution >= 4 is 128 Å². The highest BCUT2D eigenvalue weighted by atomic mass is 35.5. The molecule has 1 aliphatic carbocycles. The van der Waals surface area contributed by atoms with E-state index in [1.807, 2.05) is 72.8 Å². The maximum Gasteiger partial charge on any atom is 0.187 e. The lowest BCUT2D eigenvalue weighted by atomic mass is 9.60. The van der Waals surface area contributed by atoms with Crippen molar-refractivity contribution in [2.75, 3.05) is 0 Å². The predicted molar refractivity (Wildman–Crippen MR) is 206 cm³/mol. The van der Waals surface area contributed by atoms with E-state index in [9.17, 15) is 0 Å². The van der Waals surface area contributed by atoms with Crippen LogP contribution in [0.5, 0.6) is 0 Å². The number of hydrogen-bond acceptors (Lipinski definition) is 0. The first-order valence-electron chi connectivity index (χ1n) is 14.0. The Morgan fingerprint density at radius 3 is 1.36 bits per heavy atom. The monoisotopic (exact) mass is 838 g/mol. The lowest BCUT2D eigenvalue weighted by molar-refractivity contribution is 0.192. The molecule has 0 amide bonds. The molecule has 0 radical (unpaired) electrons. The zero-order valence-corrected chi connectivity index (χ0v) is 32.1. The van der Waals surface area contributed by atoms with Gasteiger partial charge < -0.3 is 0 Å². The zero-order valence-electron chi connectivity index (χ0n) is 23.8. The van der Waals surface area contributed by atoms with E-state index in [0.29, 0.717) is 16.7 Å². The van der Waals surface area contributed by atoms with E-state index in [-0.39, 0.29) is 15.6 Å². The Kier molecular flexibility index (Phi) is 9.83. The summed E-state index contributed by atoms with van der Waals surface area (Å²) in [6, 6.07) is 38.2. The molecular formula is C36H21Cl11. The molecule has 3 unspecified atom stereocenters. The first kappa shape index (κ1) is 36.1. The molecule has 0 N–H and O–H groups in total. The molecule has 0 spiro atoms. The van der Waals surface area contributed by atoms with Crippen LogP contribution in [-0.4, -0.2) is 13.0 Å². The van der Waals surface area contributed by atoms with Crippen LogP contribution in [-0.2, 0) is 14.6 Å². The highest BCUT2D eigenvalue weighted by molar-refractivity contribution is 6.74. The number of hydrogen-bond donors (Lipinski definition) is 0. The number of halogens is 11. The molecule has 47 heavy (non-hydrogen) atoms. The van der Waals surface area contributed by atoms with Crippen LogP contribution in [0.4, 0.5) is 0 Å². The summed E-state index contributed by atoms with van der Waals surface area (Å²) in [5.74, 6) is 0. The molecule has 11 heteroatoms. The van der Waals surface area contributed by atoms with E-state index in [0.717, 1.165) is 16.7 Å². The van der Waals surface area contributed by atoms with Crippen molar-refractivity contribution in [1.82, 2.24) is 0 Å². The van der Waals surface area contributed by atoms with Gasteiger partial charge in [0.25, 0.3) is 0 Å². The zero-order chi connectivity index (χ0) is 34.0. The van der Waals surface area contributed by atoms with Crippen molar-refractivity contribution < 1.29 is 0 Å². The molecule has 0 nitrogen and oxygen atoms in total. The minimum atomic E-state index is -2.52. The van der Waals surface area contributed by atoms with E-state index in [2.05, 4.69) is 0 Å². The fourth-order valence-corrected chi connectivity index (χ4v) is 11.4. The SMILES string of the molecule is Clc1cc(Cl)cc(C2(Cl)C(Cl)(Cl)C(Cl)(Cl)C(Cl)(Cl)C(Cl)(c3cccc(-c4ccccc4)c3-c3ccccc3)C2(Cl)c2ccccc2)c1. The Labute approximate surface area is 328 Å². The second kappa shape index (κ2) is 12.8. The molecular weight excluding hydrogens is 822 g/mol. The van der Waals surface area contributed by atoms with Gasteiger partial charge in [0.15, 0.2) is 13.0 Å². The first-order chi connectivity index (χ1) is 22.1. The van der Waals surface area contributed by atoms with Gasteiger partial charge in [0, 0.05) is 10.0 Å². The van der Waals surface area contributed by atoms with Crippen LogP contribution in [0, 0.1) is 0 Å². The van der Waals surface area contributed by atoms with Crippen LogP contribution in [0.25, 0.3) is 22.3 Å². The number of benzene rings is 5. The number of rotatable bonds is 5. The van der Waals surface area contributed by atoms with Gasteiger partial charge in [0.05, 0.1) is 0 Å². The summed E-state index contributed by atoms with van der Waals surface area (Å²) < 4.78 is -7.46. The van der Waals surface area contributed by atoms with Gasteiger partial charge in [-0.3, -0.25) is 0 Å². The lowest BCUT2D eigenvalue weighted by Gasteiger charge is -2.67. The molecule has 0 aromatic heterocycles. The van der Waals surface area contributed by atoms with Crippen molar-refractivity contribution in [3.8, 4) is 22.3 Å². The second-order valence-electron chi connectivity index (χ2n) is 11.2. The molecule has 6 rings (SSSR count). The van der Waals surface area contributed by atoms with Crippen LogP contribution < -0.4 is 0 Å². The molecule has 1 aliphatic rings. The predicted octanol–water partition coefficient (Wildman–Crippen LogP) is 14.6. The fourth-order valence-electron chi connectivity index (χ4n) is 6.47. The summed E-state index contributed by atoms with van der Waals surface area (Å²) in [5, 5.41) is 0.423. The smallest absolute Gasteiger partial charge is 0.109 e. The first-order valence-corrected chi connectivity index (χ1v) is 18.2. The molecule has 0 heterocycles. The summed E-state index contributed by atoms with van der Waals surface area (Å²) in [4.78, 5) is -6.62. The standard InChI is InChI=1S/C36H21Cl11/c37-26-19-25(20-27(38)21-26)32(40)31(39,24-15-8-3-9-16-24)33(41,35(44,45)36(46,47)34(32,42)43)29-18-10-17-28(22-11-4-1-5-12-22)30(29)23-13-6-2-7-14-23/h1-21H. The van der Waals surface area contributed by atoms with Crippen LogP contribution in [0.2, 0.25) is 10.0 Å². The van der Waals surface area contributed by atoms with E-state index in [1.54, 1.807) is 36.4 Å². The van der Waals surface area contributed by atoms with Crippen LogP contribution in [0.3, 0.4) is 0 Å². The Bertz CT molecular complexity index is 1910. The second-order valence-corrected chi connectivity index (χ2v) is 17.7. The summed E-state index contributed by atoms with van der Waals surface area (Å²) in [7, 11) is 0. The van der Waals surface area contributed by atoms with E-state index >= 15 is 0 Å². The van der Waals surface area contributed by atoms with Crippen molar-refractivity contribution in [3.05, 3.63) is 154 Å². The average molecular weight is 844 g/mol. The van der Waals surface area contributed by atoms with Gasteiger partial charge in [-0.25, -0.2) is 0 Å². The quantitative estimate of drug-likeness (QED) is 0.155. The highest BCUT2D eigenvalue weighted by Crippen LogP contribution is 2.82. The van der Waals surface area contributed by atoms with Crippen LogP contribution in [0.15, 0.2) is 127 Å². The van der Waals surface area contributed by atoms with Crippen LogP contribution in [0.1, 0.15) is 16.7 Å². The van der Waals surface area contributed by atoms with E-state index in [4.69, 9.17) is 128 Å². The molecule has 1 saturated carbocycles. The maximum absolute atomic E-state index is 8.14. The van der Waals surface area contributed by atoms with Gasteiger partial charge in [-0.1, -0.05) is 202 Å². The molecule has 5 aromatic carbocycles. The van der Waals surface area contributed by atoms with Crippen molar-refractivity contribution in [2.24, 2.45) is 0 Å². The Balaban J connectivity index is 1.86. The molecule has 5 aromatic rings. The summed E-state index contributed by atoms with van der Waals surface area (Å²) >= 11 is 81.2. The number of alkyl halides is 9. The largest absolute Gasteiger partial charge is 0.187 e. The topological polar surface area (TPSA) is 0 Å². The van der Waals surface area contributed by atoms with Gasteiger partial charge in [-0.05, 0) is 57.1 Å². The molecule has 0 bridgehead atoms. The maximum atomic E-state index is 8.14. The minimum absolute atomic E-state index is 0.167. The van der Waals surface area contributed by atoms with Crippen molar-refractivity contribution in [3.63, 3.8) is 0 Å². The van der Waals surface area contributed by atoms with Gasteiger partial charge in [0.2, 0.25) is 0 Å². The average Bonchev–Trinajstić information content (AvgIpc) is 3.06. The van der Waals surface area contributed by atoms with Gasteiger partial charge in [-0.15, -0.1) is 34.8 Å². The van der Waals surface area contributed by atoms with Crippen LogP contribution >= 0.6 is 128 Å². The van der Waals surface area contributed by atoms with Gasteiger partial charge in [-0.2, -0.15) is 0 Å². The molecule has 242 valence electrons. The Morgan fingerprint density at radius 1 is 0.362 bits per heavy atom. The van der Waals surface area contributed by atoms with Gasteiger partial charge in [0.1, 0.15) is 14.6 Å². The summed E-state index contributed by atoms with van der Waals surface area (Å²) in [6.07, 6.45) is 0. The third kappa shape index (κ3) is 5.08. The highest BCUT2D eigenvalue weighted by Gasteiger charge is 2.89. The summed E-state index contributed by atoms with van der Waals surface area (Å²) in [6.45, 7) is 0. The van der Waals surface area contributed by atoms with E-state index < -0.39 is 27.6 Å². The third-order valence-electron chi connectivity index (χ3n) is 8.62. The normalized spacial score (nSPS) is 26.1. The van der Waals surface area contributed by atoms with Crippen molar-refractivity contribution in [1.29, 1.82) is 0 Å². The minimum Gasteiger partial charge on any atom is -0.109 e. The molecule has 0 aliphatic heterocycles.